The lowest BCUT2D eigenvalue weighted by Gasteiger charge is -1.97. The molecule has 4 heteroatoms. The zero-order valence-electron chi connectivity index (χ0n) is 5.24. The Morgan fingerprint density at radius 1 is 1.20 bits per heavy atom. The van der Waals surface area contributed by atoms with E-state index in [0.29, 0.717) is 16.7 Å². The van der Waals surface area contributed by atoms with Crippen molar-refractivity contribution in [3.8, 4) is 0 Å². The van der Waals surface area contributed by atoms with Gasteiger partial charge in [-0.05, 0) is 18.2 Å². The van der Waals surface area contributed by atoms with Gasteiger partial charge in [0.15, 0.2) is 8.46 Å². The monoisotopic (exact) mass is 154 g/mol. The molecule has 0 spiro atoms. The minimum absolute atomic E-state index is 0.0283. The van der Waals surface area contributed by atoms with E-state index in [9.17, 15) is 4.57 Å². The molecule has 3 nitrogen and oxygen atoms in total. The van der Waals surface area contributed by atoms with Crippen LogP contribution in [-0.4, -0.2) is 0 Å². The van der Waals surface area contributed by atoms with Crippen LogP contribution in [0.5, 0.6) is 0 Å². The number of anilines is 2. The zero-order valence-corrected chi connectivity index (χ0v) is 6.14. The molecule has 0 saturated heterocycles. The van der Waals surface area contributed by atoms with Crippen molar-refractivity contribution in [1.82, 2.24) is 0 Å². The summed E-state index contributed by atoms with van der Waals surface area (Å²) in [5.41, 5.74) is 11.8. The summed E-state index contributed by atoms with van der Waals surface area (Å²) in [5, 5.41) is 0.645. The number of hydrogen-bond donors (Lipinski definition) is 2. The van der Waals surface area contributed by atoms with Crippen molar-refractivity contribution in [3.63, 3.8) is 0 Å². The lowest BCUT2D eigenvalue weighted by molar-refractivity contribution is 0.603. The van der Waals surface area contributed by atoms with E-state index in [1.165, 1.54) is 0 Å². The predicted molar refractivity (Wildman–Crippen MR) is 42.5 cm³/mol. The molecule has 52 valence electrons. The highest BCUT2D eigenvalue weighted by Gasteiger charge is 1.94. The summed E-state index contributed by atoms with van der Waals surface area (Å²) in [6, 6.07) is 4.89. The van der Waals surface area contributed by atoms with Crippen LogP contribution in [0.15, 0.2) is 18.2 Å². The van der Waals surface area contributed by atoms with Crippen LogP contribution >= 0.6 is 8.46 Å². The molecule has 1 aromatic carbocycles. The van der Waals surface area contributed by atoms with E-state index in [1.54, 1.807) is 18.2 Å². The van der Waals surface area contributed by atoms with Gasteiger partial charge in [-0.15, -0.1) is 0 Å². The molecule has 10 heavy (non-hydrogen) atoms. The first-order chi connectivity index (χ1) is 4.74. The van der Waals surface area contributed by atoms with Gasteiger partial charge in [0.2, 0.25) is 0 Å². The Morgan fingerprint density at radius 3 is 2.40 bits per heavy atom. The molecule has 1 aromatic rings. The first-order valence-corrected chi connectivity index (χ1v) is 3.53. The molecule has 0 atom stereocenters. The van der Waals surface area contributed by atoms with E-state index in [1.807, 2.05) is 0 Å². The van der Waals surface area contributed by atoms with Crippen molar-refractivity contribution in [3.05, 3.63) is 18.2 Å². The highest BCUT2D eigenvalue weighted by molar-refractivity contribution is 7.34. The molecule has 0 bridgehead atoms. The van der Waals surface area contributed by atoms with E-state index in [0.717, 1.165) is 0 Å². The SMILES string of the molecule is Nc1ccc(P=O)cc1N. The summed E-state index contributed by atoms with van der Waals surface area (Å²) in [5.74, 6) is 0. The topological polar surface area (TPSA) is 69.1 Å². The molecular weight excluding hydrogens is 147 g/mol. The van der Waals surface area contributed by atoms with Gasteiger partial charge in [-0.25, -0.2) is 0 Å². The molecule has 1 rings (SSSR count). The third-order valence-electron chi connectivity index (χ3n) is 1.18. The average Bonchev–Trinajstić information content (AvgIpc) is 1.95. The van der Waals surface area contributed by atoms with Crippen molar-refractivity contribution in [1.29, 1.82) is 0 Å². The van der Waals surface area contributed by atoms with Gasteiger partial charge in [-0.1, -0.05) is 0 Å². The Bertz CT molecular complexity index is 262. The standard InChI is InChI=1S/C6H7N2OP/c7-5-2-1-4(10-9)3-6(5)8/h1-3H,7-8H2. The van der Waals surface area contributed by atoms with Crippen LogP contribution in [-0.2, 0) is 4.57 Å². The van der Waals surface area contributed by atoms with E-state index in [-0.39, 0.29) is 8.46 Å². The van der Waals surface area contributed by atoms with Gasteiger partial charge in [0.1, 0.15) is 0 Å². The van der Waals surface area contributed by atoms with E-state index >= 15 is 0 Å². The maximum Gasteiger partial charge on any atom is 0.192 e. The molecule has 0 aliphatic heterocycles. The highest BCUT2D eigenvalue weighted by Crippen LogP contribution is 2.12. The molecule has 0 unspecified atom stereocenters. The Labute approximate surface area is 60.2 Å². The van der Waals surface area contributed by atoms with Gasteiger partial charge in [0.05, 0.1) is 11.4 Å². The van der Waals surface area contributed by atoms with Crippen LogP contribution < -0.4 is 16.8 Å². The number of nitrogen functional groups attached to an aromatic ring is 2. The molecule has 4 N–H and O–H groups in total. The van der Waals surface area contributed by atoms with Crippen LogP contribution in [0.1, 0.15) is 0 Å². The summed E-state index contributed by atoms with van der Waals surface area (Å²) in [7, 11) is -0.0283. The van der Waals surface area contributed by atoms with Crippen molar-refractivity contribution in [2.24, 2.45) is 0 Å². The smallest absolute Gasteiger partial charge is 0.192 e. The number of rotatable bonds is 1. The number of hydrogen-bond acceptors (Lipinski definition) is 3. The Hall–Kier alpha value is -1.08. The molecule has 0 aromatic heterocycles. The maximum atomic E-state index is 10.3. The predicted octanol–water partition coefficient (Wildman–Crippen LogP) is 0.768. The van der Waals surface area contributed by atoms with Gasteiger partial charge in [0, 0.05) is 5.30 Å². The van der Waals surface area contributed by atoms with Gasteiger partial charge in [0.25, 0.3) is 0 Å². The Kier molecular flexibility index (Phi) is 1.88. The summed E-state index contributed by atoms with van der Waals surface area (Å²) in [4.78, 5) is 0. The summed E-state index contributed by atoms with van der Waals surface area (Å²) in [6.45, 7) is 0. The quantitative estimate of drug-likeness (QED) is 0.463. The second-order valence-corrected chi connectivity index (χ2v) is 2.60. The Morgan fingerprint density at radius 2 is 1.90 bits per heavy atom. The van der Waals surface area contributed by atoms with E-state index in [2.05, 4.69) is 0 Å². The van der Waals surface area contributed by atoms with Crippen LogP contribution in [0.3, 0.4) is 0 Å². The largest absolute Gasteiger partial charge is 0.397 e. The van der Waals surface area contributed by atoms with Gasteiger partial charge in [-0.3, -0.25) is 4.57 Å². The minimum atomic E-state index is -0.0283. The molecule has 0 saturated carbocycles. The fourth-order valence-electron chi connectivity index (χ4n) is 0.619. The first kappa shape index (κ1) is 7.03. The van der Waals surface area contributed by atoms with Gasteiger partial charge in [-0.2, -0.15) is 0 Å². The van der Waals surface area contributed by atoms with Crippen molar-refractivity contribution < 1.29 is 4.57 Å². The second kappa shape index (κ2) is 2.67. The average molecular weight is 154 g/mol. The van der Waals surface area contributed by atoms with Crippen LogP contribution in [0.2, 0.25) is 0 Å². The molecule has 0 heterocycles. The lowest BCUT2D eigenvalue weighted by atomic mass is 10.3. The fraction of sp³-hybridized carbons (Fsp3) is 0. The fourth-order valence-corrected chi connectivity index (χ4v) is 0.946. The van der Waals surface area contributed by atoms with E-state index in [4.69, 9.17) is 11.5 Å². The normalized spacial score (nSPS) is 10.0. The maximum absolute atomic E-state index is 10.3. The highest BCUT2D eigenvalue weighted by atomic mass is 31.1. The number of nitrogens with two attached hydrogens (primary N) is 2. The first-order valence-electron chi connectivity index (χ1n) is 2.72. The van der Waals surface area contributed by atoms with Crippen LogP contribution in [0.4, 0.5) is 11.4 Å². The van der Waals surface area contributed by atoms with Gasteiger partial charge >= 0.3 is 0 Å². The van der Waals surface area contributed by atoms with E-state index < -0.39 is 0 Å². The summed E-state index contributed by atoms with van der Waals surface area (Å²) in [6.07, 6.45) is 0. The molecule has 0 amide bonds. The van der Waals surface area contributed by atoms with Crippen molar-refractivity contribution >= 4 is 25.1 Å². The van der Waals surface area contributed by atoms with Crippen LogP contribution in [0.25, 0.3) is 0 Å². The summed E-state index contributed by atoms with van der Waals surface area (Å²) >= 11 is 0. The molecule has 0 aliphatic carbocycles. The van der Waals surface area contributed by atoms with Crippen molar-refractivity contribution in [2.45, 2.75) is 0 Å². The third-order valence-corrected chi connectivity index (χ3v) is 1.66. The third kappa shape index (κ3) is 1.25. The summed E-state index contributed by atoms with van der Waals surface area (Å²) < 4.78 is 10.3. The van der Waals surface area contributed by atoms with Gasteiger partial charge < -0.3 is 11.5 Å². The lowest BCUT2D eigenvalue weighted by Crippen LogP contribution is -1.99. The van der Waals surface area contributed by atoms with Crippen molar-refractivity contribution in [2.75, 3.05) is 11.5 Å². The Balaban J connectivity index is 3.16. The molecule has 0 fully saturated rings. The molecule has 0 aliphatic rings. The van der Waals surface area contributed by atoms with Crippen LogP contribution in [0, 0.1) is 0 Å². The molecule has 0 radical (unpaired) electrons. The second-order valence-electron chi connectivity index (χ2n) is 1.90. The number of benzene rings is 1. The molecular formula is C6H7N2OP. The minimum Gasteiger partial charge on any atom is -0.397 e. The zero-order chi connectivity index (χ0) is 7.56.